The van der Waals surface area contributed by atoms with Gasteiger partial charge in [0.05, 0.1) is 0 Å². The number of hydrogen-bond acceptors (Lipinski definition) is 1. The first-order chi connectivity index (χ1) is 12.2. The average molecular weight is 338 g/mol. The lowest BCUT2D eigenvalue weighted by molar-refractivity contribution is 0.596. The van der Waals surface area contributed by atoms with Crippen molar-refractivity contribution < 1.29 is 0 Å². The number of aryl methyl sites for hydroxylation is 1. The van der Waals surface area contributed by atoms with E-state index in [1.54, 1.807) is 0 Å². The van der Waals surface area contributed by atoms with Crippen LogP contribution in [-0.4, -0.2) is 0 Å². The molecule has 0 aliphatic carbocycles. The smallest absolute Gasteiger partial charge is 0.0314 e. The van der Waals surface area contributed by atoms with E-state index in [0.717, 1.165) is 5.69 Å². The summed E-state index contributed by atoms with van der Waals surface area (Å²) in [7, 11) is 0. The summed E-state index contributed by atoms with van der Waals surface area (Å²) >= 11 is 0. The van der Waals surface area contributed by atoms with E-state index in [9.17, 15) is 0 Å². The molecule has 0 heterocycles. The number of nitrogens with two attached hydrogens (primary N) is 1. The maximum atomic E-state index is 5.88. The summed E-state index contributed by atoms with van der Waals surface area (Å²) in [5.41, 5.74) is 11.0. The Morgan fingerprint density at radius 1 is 0.680 bits per heavy atom. The maximum Gasteiger partial charge on any atom is 0.0314 e. The number of benzene rings is 2. The highest BCUT2D eigenvalue weighted by Crippen LogP contribution is 2.31. The Morgan fingerprint density at radius 2 is 1.24 bits per heavy atom. The molecule has 1 atom stereocenters. The van der Waals surface area contributed by atoms with E-state index in [-0.39, 0.29) is 0 Å². The van der Waals surface area contributed by atoms with Crippen molar-refractivity contribution in [3.8, 4) is 0 Å². The molecule has 2 rings (SSSR count). The zero-order chi connectivity index (χ0) is 17.9. The Morgan fingerprint density at radius 3 is 1.84 bits per heavy atom. The van der Waals surface area contributed by atoms with Gasteiger partial charge in [-0.25, -0.2) is 0 Å². The van der Waals surface area contributed by atoms with Crippen molar-refractivity contribution in [2.45, 2.75) is 77.6 Å². The van der Waals surface area contributed by atoms with Gasteiger partial charge in [-0.2, -0.15) is 0 Å². The largest absolute Gasteiger partial charge is 0.399 e. The van der Waals surface area contributed by atoms with Gasteiger partial charge in [0.1, 0.15) is 0 Å². The van der Waals surface area contributed by atoms with E-state index in [2.05, 4.69) is 50.2 Å². The molecular formula is C24H35N. The van der Waals surface area contributed by atoms with Gasteiger partial charge in [0, 0.05) is 11.6 Å². The number of hydrogen-bond donors (Lipinski definition) is 1. The normalized spacial score (nSPS) is 12.2. The van der Waals surface area contributed by atoms with Gasteiger partial charge in [0.2, 0.25) is 0 Å². The predicted molar refractivity (Wildman–Crippen MR) is 111 cm³/mol. The topological polar surface area (TPSA) is 26.0 Å². The van der Waals surface area contributed by atoms with Crippen molar-refractivity contribution in [3.63, 3.8) is 0 Å². The Kier molecular flexibility index (Phi) is 8.59. The second-order valence-corrected chi connectivity index (χ2v) is 7.27. The molecule has 0 spiro atoms. The van der Waals surface area contributed by atoms with E-state index < -0.39 is 0 Å². The minimum absolute atomic E-state index is 0.488. The molecule has 2 aromatic carbocycles. The van der Waals surface area contributed by atoms with Crippen LogP contribution in [-0.2, 0) is 6.42 Å². The Hall–Kier alpha value is -1.76. The molecule has 0 saturated carbocycles. The number of unbranched alkanes of at least 4 members (excludes halogenated alkanes) is 5. The van der Waals surface area contributed by atoms with Gasteiger partial charge in [-0.05, 0) is 48.1 Å². The summed E-state index contributed by atoms with van der Waals surface area (Å²) in [6, 6.07) is 17.8. The fraction of sp³-hybridized carbons (Fsp3) is 0.500. The van der Waals surface area contributed by atoms with Crippen LogP contribution in [0.1, 0.15) is 87.8 Å². The molecule has 0 radical (unpaired) electrons. The van der Waals surface area contributed by atoms with Crippen molar-refractivity contribution in [1.29, 1.82) is 0 Å². The second kappa shape index (κ2) is 11.0. The van der Waals surface area contributed by atoms with Gasteiger partial charge >= 0.3 is 0 Å². The molecule has 136 valence electrons. The summed E-state index contributed by atoms with van der Waals surface area (Å²) in [5, 5.41) is 0. The quantitative estimate of drug-likeness (QED) is 0.343. The van der Waals surface area contributed by atoms with Crippen LogP contribution in [0.3, 0.4) is 0 Å². The van der Waals surface area contributed by atoms with E-state index in [1.807, 2.05) is 12.1 Å². The molecule has 1 unspecified atom stereocenters. The highest BCUT2D eigenvalue weighted by Gasteiger charge is 2.14. The molecule has 0 bridgehead atoms. The fourth-order valence-electron chi connectivity index (χ4n) is 3.53. The van der Waals surface area contributed by atoms with Gasteiger partial charge in [0.15, 0.2) is 0 Å². The molecule has 2 N–H and O–H groups in total. The first kappa shape index (κ1) is 19.6. The zero-order valence-electron chi connectivity index (χ0n) is 16.1. The van der Waals surface area contributed by atoms with Crippen molar-refractivity contribution in [2.24, 2.45) is 0 Å². The van der Waals surface area contributed by atoms with Crippen LogP contribution in [0.4, 0.5) is 5.69 Å². The van der Waals surface area contributed by atoms with Crippen LogP contribution in [0.2, 0.25) is 0 Å². The van der Waals surface area contributed by atoms with Crippen LogP contribution in [0.5, 0.6) is 0 Å². The SMILES string of the molecule is CCCCCCC(c1ccc(N)cc1)c1ccc(CCCCC)cc1. The highest BCUT2D eigenvalue weighted by molar-refractivity contribution is 5.43. The lowest BCUT2D eigenvalue weighted by Crippen LogP contribution is -2.02. The lowest BCUT2D eigenvalue weighted by Gasteiger charge is -2.19. The average Bonchev–Trinajstić information content (AvgIpc) is 2.64. The Bertz CT molecular complexity index is 582. The van der Waals surface area contributed by atoms with Crippen LogP contribution < -0.4 is 5.73 Å². The number of anilines is 1. The summed E-state index contributed by atoms with van der Waals surface area (Å²) in [4.78, 5) is 0. The molecule has 25 heavy (non-hydrogen) atoms. The standard InChI is InChI=1S/C24H35N/c1-3-5-7-9-11-24(22-16-18-23(25)19-17-22)21-14-12-20(13-15-21)10-8-6-4-2/h12-19,24H,3-11,25H2,1-2H3. The highest BCUT2D eigenvalue weighted by atomic mass is 14.5. The third-order valence-corrected chi connectivity index (χ3v) is 5.14. The summed E-state index contributed by atoms with van der Waals surface area (Å²) < 4.78 is 0. The minimum atomic E-state index is 0.488. The summed E-state index contributed by atoms with van der Waals surface area (Å²) in [6.07, 6.45) is 11.6. The zero-order valence-corrected chi connectivity index (χ0v) is 16.1. The monoisotopic (exact) mass is 337 g/mol. The van der Waals surface area contributed by atoms with Crippen molar-refractivity contribution in [1.82, 2.24) is 0 Å². The van der Waals surface area contributed by atoms with E-state index in [1.165, 1.54) is 74.5 Å². The lowest BCUT2D eigenvalue weighted by atomic mass is 9.86. The van der Waals surface area contributed by atoms with Crippen LogP contribution in [0.15, 0.2) is 48.5 Å². The first-order valence-corrected chi connectivity index (χ1v) is 10.2. The van der Waals surface area contributed by atoms with E-state index in [0.29, 0.717) is 5.92 Å². The maximum absolute atomic E-state index is 5.88. The van der Waals surface area contributed by atoms with Gasteiger partial charge in [0.25, 0.3) is 0 Å². The molecule has 2 aromatic rings. The van der Waals surface area contributed by atoms with Gasteiger partial charge in [-0.15, -0.1) is 0 Å². The molecule has 0 saturated heterocycles. The predicted octanol–water partition coefficient (Wildman–Crippen LogP) is 7.10. The third kappa shape index (κ3) is 6.57. The Balaban J connectivity index is 2.09. The molecule has 0 aromatic heterocycles. The van der Waals surface area contributed by atoms with Crippen molar-refractivity contribution in [3.05, 3.63) is 65.2 Å². The van der Waals surface area contributed by atoms with Crippen molar-refractivity contribution in [2.75, 3.05) is 5.73 Å². The molecule has 0 amide bonds. The van der Waals surface area contributed by atoms with Crippen LogP contribution in [0.25, 0.3) is 0 Å². The first-order valence-electron chi connectivity index (χ1n) is 10.2. The van der Waals surface area contributed by atoms with Crippen LogP contribution in [0, 0.1) is 0 Å². The molecule has 0 aliphatic heterocycles. The number of nitrogen functional groups attached to an aromatic ring is 1. The molecule has 1 heteroatoms. The van der Waals surface area contributed by atoms with Gasteiger partial charge < -0.3 is 5.73 Å². The van der Waals surface area contributed by atoms with E-state index >= 15 is 0 Å². The molecule has 0 aliphatic rings. The second-order valence-electron chi connectivity index (χ2n) is 7.27. The summed E-state index contributed by atoms with van der Waals surface area (Å²) in [6.45, 7) is 4.54. The number of rotatable bonds is 11. The third-order valence-electron chi connectivity index (χ3n) is 5.14. The molecule has 0 fully saturated rings. The Labute approximate surface area is 154 Å². The van der Waals surface area contributed by atoms with Crippen LogP contribution >= 0.6 is 0 Å². The molecule has 1 nitrogen and oxygen atoms in total. The van der Waals surface area contributed by atoms with E-state index in [4.69, 9.17) is 5.73 Å². The minimum Gasteiger partial charge on any atom is -0.399 e. The fourth-order valence-corrected chi connectivity index (χ4v) is 3.53. The van der Waals surface area contributed by atoms with Gasteiger partial charge in [-0.3, -0.25) is 0 Å². The van der Waals surface area contributed by atoms with Crippen molar-refractivity contribution >= 4 is 5.69 Å². The molecular weight excluding hydrogens is 302 g/mol. The van der Waals surface area contributed by atoms with Gasteiger partial charge in [-0.1, -0.05) is 88.8 Å². The summed E-state index contributed by atoms with van der Waals surface area (Å²) in [5.74, 6) is 0.488.